The van der Waals surface area contributed by atoms with Crippen LogP contribution in [0, 0.1) is 0 Å². The third-order valence-corrected chi connectivity index (χ3v) is 7.72. The molecule has 0 radical (unpaired) electrons. The maximum atomic E-state index is 10.2. The summed E-state index contributed by atoms with van der Waals surface area (Å²) < 4.78 is 5.80. The molecule has 192 valence electrons. The summed E-state index contributed by atoms with van der Waals surface area (Å²) in [5.41, 5.74) is 7.34. The van der Waals surface area contributed by atoms with Crippen LogP contribution in [0.4, 0.5) is 0 Å². The highest BCUT2D eigenvalue weighted by Gasteiger charge is 2.25. The predicted octanol–water partition coefficient (Wildman–Crippen LogP) is 6.59. The van der Waals surface area contributed by atoms with Crippen molar-refractivity contribution in [1.29, 1.82) is 0 Å². The van der Waals surface area contributed by atoms with Gasteiger partial charge in [-0.15, -0.1) is 0 Å². The number of rotatable bonds is 5. The molecule has 0 bridgehead atoms. The fourth-order valence-corrected chi connectivity index (χ4v) is 5.35. The monoisotopic (exact) mass is 494 g/mol. The van der Waals surface area contributed by atoms with Crippen LogP contribution < -0.4 is 10.1 Å². The summed E-state index contributed by atoms with van der Waals surface area (Å²) in [6.45, 7) is 11.4. The number of aliphatic hydroxyl groups excluding tert-OH is 1. The third-order valence-electron chi connectivity index (χ3n) is 7.72. The molecule has 37 heavy (non-hydrogen) atoms. The van der Waals surface area contributed by atoms with Gasteiger partial charge in [0.2, 0.25) is 0 Å². The summed E-state index contributed by atoms with van der Waals surface area (Å²) in [7, 11) is 1.75. The fraction of sp³-hybridized carbons (Fsp3) is 0.333. The predicted molar refractivity (Wildman–Crippen MR) is 154 cm³/mol. The van der Waals surface area contributed by atoms with Crippen molar-refractivity contribution in [3.05, 3.63) is 90.0 Å². The molecule has 2 unspecified atom stereocenters. The summed E-state index contributed by atoms with van der Waals surface area (Å²) in [6, 6.07) is 28.6. The van der Waals surface area contributed by atoms with Crippen molar-refractivity contribution in [3.63, 3.8) is 0 Å². The smallest absolute Gasteiger partial charge is 0.126 e. The molecule has 4 aromatic carbocycles. The van der Waals surface area contributed by atoms with E-state index >= 15 is 0 Å². The lowest BCUT2D eigenvalue weighted by Crippen LogP contribution is -2.56. The molecule has 1 heterocycles. The van der Waals surface area contributed by atoms with E-state index in [1.807, 2.05) is 0 Å². The van der Waals surface area contributed by atoms with Crippen LogP contribution in [0.2, 0.25) is 0 Å². The van der Waals surface area contributed by atoms with Crippen LogP contribution in [-0.2, 0) is 12.0 Å². The van der Waals surface area contributed by atoms with Crippen LogP contribution in [0.25, 0.3) is 33.0 Å². The van der Waals surface area contributed by atoms with E-state index in [2.05, 4.69) is 117 Å². The molecule has 1 aliphatic heterocycles. The molecule has 4 nitrogen and oxygen atoms in total. The maximum absolute atomic E-state index is 10.2. The standard InChI is InChI=1S/C33H38N2O2/c1-22-32(36)34-18-19-35(22)21-23-10-12-24(13-11-23)26-15-16-29(28-9-7-6-8-27(26)28)30-20-25(33(2,3)4)14-17-31(30)37-5/h6-17,20,22,32,34,36H,18-19,21H2,1-5H3. The highest BCUT2D eigenvalue weighted by Crippen LogP contribution is 2.41. The average Bonchev–Trinajstić information content (AvgIpc) is 2.90. The Kier molecular flexibility index (Phi) is 7.09. The summed E-state index contributed by atoms with van der Waals surface area (Å²) in [5, 5.41) is 15.7. The lowest BCUT2D eigenvalue weighted by Gasteiger charge is -2.37. The molecule has 0 aliphatic carbocycles. The van der Waals surface area contributed by atoms with E-state index in [-0.39, 0.29) is 11.5 Å². The van der Waals surface area contributed by atoms with Gasteiger partial charge in [-0.3, -0.25) is 10.2 Å². The molecule has 2 atom stereocenters. The van der Waals surface area contributed by atoms with E-state index in [0.717, 1.165) is 30.9 Å². The van der Waals surface area contributed by atoms with E-state index in [1.165, 1.54) is 38.6 Å². The molecule has 5 rings (SSSR count). The first kappa shape index (κ1) is 25.5. The number of methoxy groups -OCH3 is 1. The zero-order valence-electron chi connectivity index (χ0n) is 22.6. The number of hydrogen-bond donors (Lipinski definition) is 2. The minimum Gasteiger partial charge on any atom is -0.496 e. The van der Waals surface area contributed by atoms with Gasteiger partial charge in [0.1, 0.15) is 12.0 Å². The van der Waals surface area contributed by atoms with Crippen LogP contribution in [0.15, 0.2) is 78.9 Å². The molecular weight excluding hydrogens is 456 g/mol. The first-order valence-electron chi connectivity index (χ1n) is 13.2. The third kappa shape index (κ3) is 5.15. The Bertz CT molecular complexity index is 1390. The molecule has 0 amide bonds. The van der Waals surface area contributed by atoms with Gasteiger partial charge in [-0.2, -0.15) is 0 Å². The number of benzene rings is 4. The van der Waals surface area contributed by atoms with E-state index in [9.17, 15) is 5.11 Å². The second-order valence-electron chi connectivity index (χ2n) is 11.2. The lowest BCUT2D eigenvalue weighted by atomic mass is 9.84. The largest absolute Gasteiger partial charge is 0.496 e. The van der Waals surface area contributed by atoms with Crippen molar-refractivity contribution in [2.75, 3.05) is 20.2 Å². The molecule has 4 heteroatoms. The van der Waals surface area contributed by atoms with E-state index < -0.39 is 6.23 Å². The maximum Gasteiger partial charge on any atom is 0.126 e. The minimum absolute atomic E-state index is 0.0547. The molecule has 1 saturated heterocycles. The van der Waals surface area contributed by atoms with Crippen LogP contribution in [0.1, 0.15) is 38.8 Å². The number of fused-ring (bicyclic) bond motifs is 1. The quantitative estimate of drug-likeness (QED) is 0.328. The first-order chi connectivity index (χ1) is 17.8. The van der Waals surface area contributed by atoms with Crippen molar-refractivity contribution < 1.29 is 9.84 Å². The first-order valence-corrected chi connectivity index (χ1v) is 13.2. The lowest BCUT2D eigenvalue weighted by molar-refractivity contribution is 0.00176. The Morgan fingerprint density at radius 3 is 2.24 bits per heavy atom. The topological polar surface area (TPSA) is 44.7 Å². The molecular formula is C33H38N2O2. The van der Waals surface area contributed by atoms with Crippen LogP contribution >= 0.6 is 0 Å². The zero-order valence-corrected chi connectivity index (χ0v) is 22.6. The normalized spacial score (nSPS) is 18.8. The summed E-state index contributed by atoms with van der Waals surface area (Å²) in [6.07, 6.45) is -0.472. The van der Waals surface area contributed by atoms with Gasteiger partial charge >= 0.3 is 0 Å². The van der Waals surface area contributed by atoms with Crippen LogP contribution in [0.5, 0.6) is 5.75 Å². The Labute approximate surface area is 220 Å². The van der Waals surface area contributed by atoms with Gasteiger partial charge in [0.15, 0.2) is 0 Å². The van der Waals surface area contributed by atoms with Gasteiger partial charge in [-0.25, -0.2) is 0 Å². The zero-order chi connectivity index (χ0) is 26.2. The molecule has 0 spiro atoms. The second kappa shape index (κ2) is 10.3. The number of nitrogens with one attached hydrogen (secondary N) is 1. The molecule has 1 fully saturated rings. The van der Waals surface area contributed by atoms with E-state index in [4.69, 9.17) is 4.74 Å². The summed E-state index contributed by atoms with van der Waals surface area (Å²) >= 11 is 0. The van der Waals surface area contributed by atoms with Crippen molar-refractivity contribution in [2.45, 2.75) is 51.9 Å². The van der Waals surface area contributed by atoms with Crippen molar-refractivity contribution in [3.8, 4) is 28.0 Å². The molecule has 1 aliphatic rings. The Hall–Kier alpha value is -3.18. The van der Waals surface area contributed by atoms with Gasteiger partial charge in [0.05, 0.1) is 7.11 Å². The van der Waals surface area contributed by atoms with E-state index in [1.54, 1.807) is 7.11 Å². The number of piperazine rings is 1. The van der Waals surface area contributed by atoms with Crippen molar-refractivity contribution >= 4 is 10.8 Å². The number of ether oxygens (including phenoxy) is 1. The summed E-state index contributed by atoms with van der Waals surface area (Å²) in [4.78, 5) is 2.33. The molecule has 2 N–H and O–H groups in total. The van der Waals surface area contributed by atoms with Gasteiger partial charge in [-0.05, 0) is 63.1 Å². The van der Waals surface area contributed by atoms with Gasteiger partial charge in [-0.1, -0.05) is 87.5 Å². The fourth-order valence-electron chi connectivity index (χ4n) is 5.35. The number of hydrogen-bond acceptors (Lipinski definition) is 4. The van der Waals surface area contributed by atoms with Crippen molar-refractivity contribution in [1.82, 2.24) is 10.2 Å². The van der Waals surface area contributed by atoms with Crippen molar-refractivity contribution in [2.24, 2.45) is 0 Å². The van der Waals surface area contributed by atoms with Crippen LogP contribution in [-0.4, -0.2) is 42.5 Å². The average molecular weight is 495 g/mol. The second-order valence-corrected chi connectivity index (χ2v) is 11.2. The van der Waals surface area contributed by atoms with E-state index in [0.29, 0.717) is 0 Å². The van der Waals surface area contributed by atoms with Crippen LogP contribution in [0.3, 0.4) is 0 Å². The number of aliphatic hydroxyl groups is 1. The minimum atomic E-state index is -0.472. The SMILES string of the molecule is COc1ccc(C(C)(C)C)cc1-c1ccc(-c2ccc(CN3CCNC(O)C3C)cc2)c2ccccc12. The molecule has 0 saturated carbocycles. The Morgan fingerprint density at radius 1 is 0.892 bits per heavy atom. The molecule has 0 aromatic heterocycles. The Balaban J connectivity index is 1.52. The Morgan fingerprint density at radius 2 is 1.57 bits per heavy atom. The number of nitrogens with zero attached hydrogens (tertiary/aromatic N) is 1. The van der Waals surface area contributed by atoms with Gasteiger partial charge < -0.3 is 9.84 Å². The van der Waals surface area contributed by atoms with Gasteiger partial charge in [0.25, 0.3) is 0 Å². The molecule has 4 aromatic rings. The summed E-state index contributed by atoms with van der Waals surface area (Å²) in [5.74, 6) is 0.891. The van der Waals surface area contributed by atoms with Gasteiger partial charge in [0, 0.05) is 31.2 Å². The highest BCUT2D eigenvalue weighted by molar-refractivity contribution is 6.05. The highest BCUT2D eigenvalue weighted by atomic mass is 16.5.